The van der Waals surface area contributed by atoms with E-state index in [0.29, 0.717) is 18.4 Å². The summed E-state index contributed by atoms with van der Waals surface area (Å²) < 4.78 is 0. The van der Waals surface area contributed by atoms with E-state index in [9.17, 15) is 4.79 Å². The van der Waals surface area contributed by atoms with Crippen molar-refractivity contribution in [1.82, 2.24) is 15.5 Å². The van der Waals surface area contributed by atoms with Gasteiger partial charge in [0.25, 0.3) is 0 Å². The predicted molar refractivity (Wildman–Crippen MR) is 144 cm³/mol. The largest absolute Gasteiger partial charge is 0.389 e. The van der Waals surface area contributed by atoms with Gasteiger partial charge in [-0.2, -0.15) is 0 Å². The van der Waals surface area contributed by atoms with E-state index < -0.39 is 0 Å². The molecule has 2 fully saturated rings. The molecule has 1 saturated heterocycles. The first kappa shape index (κ1) is 25.9. The van der Waals surface area contributed by atoms with Gasteiger partial charge >= 0.3 is 0 Å². The number of aryl methyl sites for hydroxylation is 1. The third-order valence-electron chi connectivity index (χ3n) is 7.20. The Kier molecular flexibility index (Phi) is 9.61. The van der Waals surface area contributed by atoms with Gasteiger partial charge in [-0.05, 0) is 63.3 Å². The van der Waals surface area contributed by atoms with Gasteiger partial charge in [0, 0.05) is 36.4 Å². The van der Waals surface area contributed by atoms with Gasteiger partial charge < -0.3 is 20.9 Å². The molecule has 0 radical (unpaired) electrons. The number of anilines is 1. The smallest absolute Gasteiger partial charge is 0.242 e. The summed E-state index contributed by atoms with van der Waals surface area (Å²) in [5.74, 6) is 1.17. The predicted octanol–water partition coefficient (Wildman–Crippen LogP) is 5.02. The second-order valence-electron chi connectivity index (χ2n) is 9.93. The van der Waals surface area contributed by atoms with Crippen molar-refractivity contribution >= 4 is 24.0 Å². The van der Waals surface area contributed by atoms with E-state index in [4.69, 9.17) is 0 Å². The molecule has 1 aromatic rings. The average molecular weight is 466 g/mol. The van der Waals surface area contributed by atoms with Crippen molar-refractivity contribution < 1.29 is 4.79 Å². The first-order chi connectivity index (χ1) is 16.4. The summed E-state index contributed by atoms with van der Waals surface area (Å²) in [6.45, 7) is 19.0. The maximum atomic E-state index is 13.3. The van der Waals surface area contributed by atoms with Crippen LogP contribution in [-0.4, -0.2) is 49.7 Å². The average Bonchev–Trinajstić information content (AvgIpc) is 3.48. The number of allylic oxidation sites excluding steroid dienone is 1. The van der Waals surface area contributed by atoms with Gasteiger partial charge in [-0.1, -0.05) is 45.1 Å². The molecule has 1 amide bonds. The summed E-state index contributed by atoms with van der Waals surface area (Å²) in [6.07, 6.45) is 7.96. The fourth-order valence-electron chi connectivity index (χ4n) is 5.34. The Bertz CT molecular complexity index is 874. The first-order valence-corrected chi connectivity index (χ1v) is 12.9. The highest BCUT2D eigenvalue weighted by atomic mass is 16.2. The minimum atomic E-state index is 0.0905. The number of para-hydroxylation sites is 1. The summed E-state index contributed by atoms with van der Waals surface area (Å²) in [4.78, 5) is 19.5. The molecule has 1 aliphatic carbocycles. The van der Waals surface area contributed by atoms with Crippen LogP contribution in [-0.2, 0) is 11.2 Å². The van der Waals surface area contributed by atoms with E-state index in [1.165, 1.54) is 25.7 Å². The third kappa shape index (κ3) is 7.12. The Balaban J connectivity index is 1.59. The van der Waals surface area contributed by atoms with Gasteiger partial charge in [0.15, 0.2) is 0 Å². The number of rotatable bonds is 13. The van der Waals surface area contributed by atoms with Crippen LogP contribution in [0, 0.1) is 11.8 Å². The molecule has 2 aliphatic rings. The molecule has 1 aliphatic heterocycles. The highest BCUT2D eigenvalue weighted by Gasteiger charge is 2.24. The molecular weight excluding hydrogens is 422 g/mol. The minimum Gasteiger partial charge on any atom is -0.389 e. The Morgan fingerprint density at radius 3 is 2.71 bits per heavy atom. The quantitative estimate of drug-likeness (QED) is 0.358. The molecule has 1 saturated carbocycles. The number of carbonyl (C=O) groups excluding carboxylic acids is 1. The molecule has 1 heterocycles. The number of nitrogens with one attached hydrogen (secondary N) is 3. The van der Waals surface area contributed by atoms with Gasteiger partial charge in [-0.15, -0.1) is 0 Å². The zero-order chi connectivity index (χ0) is 24.5. The van der Waals surface area contributed by atoms with Crippen LogP contribution in [0.2, 0.25) is 0 Å². The third-order valence-corrected chi connectivity index (χ3v) is 7.20. The van der Waals surface area contributed by atoms with Crippen LogP contribution in [0.4, 0.5) is 11.4 Å². The van der Waals surface area contributed by atoms with Crippen LogP contribution in [0.3, 0.4) is 0 Å². The number of hydrogen-bond acceptors (Lipinski definition) is 5. The number of nitrogens with zero attached hydrogens (tertiary/aromatic N) is 2. The number of benzene rings is 1. The molecule has 3 N–H and O–H groups in total. The van der Waals surface area contributed by atoms with Crippen LogP contribution in [0.1, 0.15) is 57.9 Å². The number of hydrogen-bond donors (Lipinski definition) is 3. The number of amides is 1. The van der Waals surface area contributed by atoms with Crippen LogP contribution in [0.25, 0.3) is 0 Å². The van der Waals surface area contributed by atoms with Crippen LogP contribution >= 0.6 is 0 Å². The van der Waals surface area contributed by atoms with E-state index in [1.807, 2.05) is 17.0 Å². The standard InChI is InChI=1S/C28H43N5O/c1-6-24-12-9-13-26(28(24)29-5)31-17-27(34)33(19-23-10-7-8-11-23)18-21(3)32-20(2)16-25-14-15-30-22(25)4/h9,12-13,20,23,25,30-32H,3-8,10-11,14-19H2,1-2H3. The molecule has 2 atom stereocenters. The monoisotopic (exact) mass is 465 g/mol. The Morgan fingerprint density at radius 2 is 2.06 bits per heavy atom. The fourth-order valence-corrected chi connectivity index (χ4v) is 5.34. The molecule has 0 spiro atoms. The molecule has 6 nitrogen and oxygen atoms in total. The van der Waals surface area contributed by atoms with Crippen molar-refractivity contribution in [3.05, 3.63) is 48.3 Å². The molecule has 0 bridgehead atoms. The summed E-state index contributed by atoms with van der Waals surface area (Å²) in [5.41, 5.74) is 4.87. The highest BCUT2D eigenvalue weighted by Crippen LogP contribution is 2.30. The lowest BCUT2D eigenvalue weighted by atomic mass is 9.97. The van der Waals surface area contributed by atoms with Gasteiger partial charge in [-0.3, -0.25) is 9.79 Å². The molecule has 186 valence electrons. The normalized spacial score (nSPS) is 18.9. The minimum absolute atomic E-state index is 0.0905. The van der Waals surface area contributed by atoms with E-state index >= 15 is 0 Å². The molecule has 2 unspecified atom stereocenters. The van der Waals surface area contributed by atoms with Gasteiger partial charge in [0.05, 0.1) is 24.5 Å². The van der Waals surface area contributed by atoms with Crippen molar-refractivity contribution in [2.75, 3.05) is 31.5 Å². The second-order valence-corrected chi connectivity index (χ2v) is 9.93. The van der Waals surface area contributed by atoms with Crippen molar-refractivity contribution in [3.63, 3.8) is 0 Å². The summed E-state index contributed by atoms with van der Waals surface area (Å²) >= 11 is 0. The van der Waals surface area contributed by atoms with Crippen molar-refractivity contribution in [3.8, 4) is 0 Å². The van der Waals surface area contributed by atoms with Gasteiger partial charge in [0.1, 0.15) is 0 Å². The number of aliphatic imine (C=N–C) groups is 1. The van der Waals surface area contributed by atoms with Crippen LogP contribution in [0.5, 0.6) is 0 Å². The van der Waals surface area contributed by atoms with E-state index in [0.717, 1.165) is 60.7 Å². The zero-order valence-corrected chi connectivity index (χ0v) is 21.2. The lowest BCUT2D eigenvalue weighted by molar-refractivity contribution is -0.129. The van der Waals surface area contributed by atoms with Crippen molar-refractivity contribution in [2.24, 2.45) is 16.8 Å². The lowest BCUT2D eigenvalue weighted by Crippen LogP contribution is -2.42. The molecule has 0 aromatic heterocycles. The van der Waals surface area contributed by atoms with E-state index in [2.05, 4.69) is 60.7 Å². The molecule has 3 rings (SSSR count). The van der Waals surface area contributed by atoms with Gasteiger partial charge in [0.2, 0.25) is 5.91 Å². The highest BCUT2D eigenvalue weighted by molar-refractivity contribution is 5.83. The lowest BCUT2D eigenvalue weighted by Gasteiger charge is -2.29. The Hall–Kier alpha value is -2.76. The second kappa shape index (κ2) is 12.6. The van der Waals surface area contributed by atoms with Crippen LogP contribution < -0.4 is 16.0 Å². The van der Waals surface area contributed by atoms with Crippen molar-refractivity contribution in [2.45, 2.75) is 64.8 Å². The van der Waals surface area contributed by atoms with Crippen LogP contribution in [0.15, 0.2) is 47.7 Å². The molecule has 6 heteroatoms. The maximum Gasteiger partial charge on any atom is 0.242 e. The summed E-state index contributed by atoms with van der Waals surface area (Å²) in [5, 5.41) is 10.2. The molecular formula is C28H43N5O. The molecule has 1 aromatic carbocycles. The fraction of sp³-hybridized carbons (Fsp3) is 0.571. The Morgan fingerprint density at radius 1 is 1.29 bits per heavy atom. The molecule has 34 heavy (non-hydrogen) atoms. The van der Waals surface area contributed by atoms with E-state index in [-0.39, 0.29) is 18.5 Å². The Labute approximate surface area is 206 Å². The maximum absolute atomic E-state index is 13.3. The summed E-state index contributed by atoms with van der Waals surface area (Å²) in [6, 6.07) is 6.30. The SMILES string of the molecule is C=Nc1c(CC)cccc1NCC(=O)N(CC(=C)NC(C)CC1CCNC1=C)CC1CCCC1. The van der Waals surface area contributed by atoms with Gasteiger partial charge in [-0.25, -0.2) is 0 Å². The zero-order valence-electron chi connectivity index (χ0n) is 21.2. The van der Waals surface area contributed by atoms with Crippen molar-refractivity contribution in [1.29, 1.82) is 0 Å². The number of carbonyl (C=O) groups is 1. The topological polar surface area (TPSA) is 68.8 Å². The van der Waals surface area contributed by atoms with E-state index in [1.54, 1.807) is 0 Å². The summed E-state index contributed by atoms with van der Waals surface area (Å²) in [7, 11) is 0. The first-order valence-electron chi connectivity index (χ1n) is 12.9.